The molecule has 4 aromatic heterocycles. The zero-order chi connectivity index (χ0) is 33.1. The second-order valence-electron chi connectivity index (χ2n) is 13.4. The number of aromatic amines is 2. The summed E-state index contributed by atoms with van der Waals surface area (Å²) in [5.41, 5.74) is 9.28. The SMILES string of the molecule is O=C(O)N[C@H]1CCc2ccn3c2C1C(=O)C[C@H](c1ncc(-c2ccc(-c4cnc5cc(-c6cnc([C@@H]7CCCN7)[nH]6)ccc5n4)cc2)[nH]1)C3. The third-order valence-electron chi connectivity index (χ3n) is 10.3. The number of aromatic nitrogens is 7. The Kier molecular flexibility index (Phi) is 7.11. The van der Waals surface area contributed by atoms with E-state index in [1.54, 1.807) is 6.20 Å². The van der Waals surface area contributed by atoms with E-state index in [0.29, 0.717) is 25.4 Å². The first kappa shape index (κ1) is 29.5. The number of carbonyl (C=O) groups is 2. The van der Waals surface area contributed by atoms with Crippen molar-refractivity contribution in [2.45, 2.75) is 62.6 Å². The maximum Gasteiger partial charge on any atom is 0.404 e. The van der Waals surface area contributed by atoms with Crippen molar-refractivity contribution in [3.8, 4) is 33.8 Å². The van der Waals surface area contributed by atoms with Crippen molar-refractivity contribution in [1.29, 1.82) is 0 Å². The average molecular weight is 654 g/mol. The van der Waals surface area contributed by atoms with Gasteiger partial charge in [-0.3, -0.25) is 9.78 Å². The van der Waals surface area contributed by atoms with E-state index in [2.05, 4.69) is 42.3 Å². The van der Waals surface area contributed by atoms with Crippen molar-refractivity contribution in [1.82, 2.24) is 45.1 Å². The largest absolute Gasteiger partial charge is 0.465 e. The van der Waals surface area contributed by atoms with Gasteiger partial charge in [-0.2, -0.15) is 0 Å². The Balaban J connectivity index is 0.920. The van der Waals surface area contributed by atoms with Crippen LogP contribution in [0.1, 0.15) is 66.5 Å². The predicted molar refractivity (Wildman–Crippen MR) is 183 cm³/mol. The molecule has 2 aromatic carbocycles. The molecule has 0 bridgehead atoms. The Morgan fingerprint density at radius 2 is 1.65 bits per heavy atom. The summed E-state index contributed by atoms with van der Waals surface area (Å²) in [5.74, 6) is 1.14. The molecule has 6 aromatic rings. The van der Waals surface area contributed by atoms with Gasteiger partial charge in [-0.25, -0.2) is 19.7 Å². The number of hydrogen-bond acceptors (Lipinski definition) is 7. The summed E-state index contributed by atoms with van der Waals surface area (Å²) in [6, 6.07) is 16.2. The summed E-state index contributed by atoms with van der Waals surface area (Å²) in [5, 5.41) is 15.5. The van der Waals surface area contributed by atoms with Crippen LogP contribution in [0.5, 0.6) is 0 Å². The smallest absolute Gasteiger partial charge is 0.404 e. The topological polar surface area (TPSA) is 166 Å². The number of imidazole rings is 2. The highest BCUT2D eigenvalue weighted by molar-refractivity contribution is 5.88. The highest BCUT2D eigenvalue weighted by atomic mass is 16.4. The summed E-state index contributed by atoms with van der Waals surface area (Å²) < 4.78 is 2.12. The number of H-pyrrole nitrogens is 2. The molecule has 1 unspecified atom stereocenters. The van der Waals surface area contributed by atoms with Gasteiger partial charge in [-0.1, -0.05) is 30.3 Å². The lowest BCUT2D eigenvalue weighted by Crippen LogP contribution is -2.44. The van der Waals surface area contributed by atoms with Gasteiger partial charge in [0.2, 0.25) is 0 Å². The lowest BCUT2D eigenvalue weighted by Gasteiger charge is -2.31. The first-order valence-electron chi connectivity index (χ1n) is 16.9. The van der Waals surface area contributed by atoms with Crippen molar-refractivity contribution >= 4 is 22.9 Å². The van der Waals surface area contributed by atoms with Crippen LogP contribution in [-0.4, -0.2) is 64.0 Å². The average Bonchev–Trinajstić information content (AvgIpc) is 3.94. The monoisotopic (exact) mass is 653 g/mol. The van der Waals surface area contributed by atoms with E-state index in [0.717, 1.165) is 87.1 Å². The fraction of sp³-hybridized carbons (Fsp3) is 0.297. The van der Waals surface area contributed by atoms with Crippen LogP contribution in [0, 0.1) is 0 Å². The molecule has 49 heavy (non-hydrogen) atoms. The number of hydrogen-bond donors (Lipinski definition) is 5. The molecule has 0 spiro atoms. The minimum absolute atomic E-state index is 0.0458. The molecule has 1 amide bonds. The van der Waals surface area contributed by atoms with Crippen LogP contribution < -0.4 is 10.6 Å². The van der Waals surface area contributed by atoms with Crippen LogP contribution in [0.15, 0.2) is 73.3 Å². The fourth-order valence-electron chi connectivity index (χ4n) is 7.90. The predicted octanol–water partition coefficient (Wildman–Crippen LogP) is 5.73. The number of rotatable bonds is 6. The molecule has 12 nitrogen and oxygen atoms in total. The maximum absolute atomic E-state index is 13.6. The van der Waals surface area contributed by atoms with Crippen LogP contribution in [-0.2, 0) is 17.8 Å². The second-order valence-corrected chi connectivity index (χ2v) is 13.4. The molecular formula is C37H35N9O3. The van der Waals surface area contributed by atoms with Crippen LogP contribution >= 0.6 is 0 Å². The molecule has 0 radical (unpaired) electrons. The molecule has 2 aliphatic heterocycles. The van der Waals surface area contributed by atoms with Gasteiger partial charge >= 0.3 is 6.09 Å². The van der Waals surface area contributed by atoms with Gasteiger partial charge in [-0.05, 0) is 61.6 Å². The van der Waals surface area contributed by atoms with E-state index >= 15 is 0 Å². The van der Waals surface area contributed by atoms with Gasteiger partial charge in [0.1, 0.15) is 17.4 Å². The number of benzene rings is 2. The van der Waals surface area contributed by atoms with Gasteiger partial charge in [0.05, 0.1) is 58.7 Å². The maximum atomic E-state index is 13.6. The number of nitrogens with zero attached hydrogens (tertiary/aromatic N) is 5. The van der Waals surface area contributed by atoms with Gasteiger partial charge in [0.15, 0.2) is 0 Å². The van der Waals surface area contributed by atoms with Crippen LogP contribution in [0.4, 0.5) is 4.79 Å². The number of carboxylic acid groups (broad SMARTS) is 1. The molecule has 5 N–H and O–H groups in total. The molecule has 246 valence electrons. The number of ketones is 1. The van der Waals surface area contributed by atoms with Crippen molar-refractivity contribution in [3.63, 3.8) is 0 Å². The summed E-state index contributed by atoms with van der Waals surface area (Å²) in [7, 11) is 0. The number of carbonyl (C=O) groups excluding carboxylic acids is 1. The van der Waals surface area contributed by atoms with E-state index in [9.17, 15) is 14.7 Å². The Bertz CT molecular complexity index is 2210. The minimum atomic E-state index is -1.10. The third-order valence-corrected chi connectivity index (χ3v) is 10.3. The highest BCUT2D eigenvalue weighted by Gasteiger charge is 2.41. The van der Waals surface area contributed by atoms with Gasteiger partial charge in [-0.15, -0.1) is 0 Å². The number of amides is 1. The van der Waals surface area contributed by atoms with E-state index in [1.807, 2.05) is 55.0 Å². The standard InChI is InChI=1S/C37H35N9O3/c47-32-15-24(19-46-13-11-22-7-10-26(45-37(48)49)33(32)34(22)46)35-40-17-30(43-35)21-5-3-20(4-6-21)29-16-39-28-14-23(8-9-25(28)42-29)31-18-41-36(44-31)27-2-1-12-38-27/h3-6,8-9,11,13-14,16-18,24,26-27,33,38,45H,1-2,7,10,12,15,19H2,(H,40,43)(H,41,44)(H,48,49)/t24-,26-,27-,33?/m0/s1. The van der Waals surface area contributed by atoms with Gasteiger partial charge in [0, 0.05) is 47.9 Å². The first-order valence-corrected chi connectivity index (χ1v) is 16.9. The summed E-state index contributed by atoms with van der Waals surface area (Å²) >= 11 is 0. The molecule has 3 aliphatic rings. The van der Waals surface area contributed by atoms with Gasteiger partial charge in [0.25, 0.3) is 0 Å². The molecule has 1 aliphatic carbocycles. The van der Waals surface area contributed by atoms with Crippen molar-refractivity contribution in [2.24, 2.45) is 0 Å². The van der Waals surface area contributed by atoms with Crippen molar-refractivity contribution < 1.29 is 14.7 Å². The molecule has 4 atom stereocenters. The summed E-state index contributed by atoms with van der Waals surface area (Å²) in [4.78, 5) is 51.0. The lowest BCUT2D eigenvalue weighted by molar-refractivity contribution is -0.121. The lowest BCUT2D eigenvalue weighted by atomic mass is 9.79. The fourth-order valence-corrected chi connectivity index (χ4v) is 7.90. The number of Topliss-reactive ketones (excluding diaryl/α,β-unsaturated/α-hetero) is 1. The van der Waals surface area contributed by atoms with Gasteiger partial charge < -0.3 is 30.3 Å². The number of aryl methyl sites for hydroxylation is 1. The zero-order valence-electron chi connectivity index (χ0n) is 26.7. The van der Waals surface area contributed by atoms with Crippen molar-refractivity contribution in [2.75, 3.05) is 6.54 Å². The zero-order valence-corrected chi connectivity index (χ0v) is 26.7. The molecular weight excluding hydrogens is 618 g/mol. The minimum Gasteiger partial charge on any atom is -0.465 e. The van der Waals surface area contributed by atoms with E-state index in [-0.39, 0.29) is 11.7 Å². The Morgan fingerprint density at radius 3 is 2.47 bits per heavy atom. The summed E-state index contributed by atoms with van der Waals surface area (Å²) in [6.07, 6.45) is 10.3. The van der Waals surface area contributed by atoms with Crippen LogP contribution in [0.25, 0.3) is 44.8 Å². The van der Waals surface area contributed by atoms with E-state index in [1.165, 1.54) is 6.42 Å². The Morgan fingerprint density at radius 1 is 0.878 bits per heavy atom. The molecule has 9 rings (SSSR count). The molecule has 1 saturated heterocycles. The molecule has 6 heterocycles. The quantitative estimate of drug-likeness (QED) is 0.152. The third kappa shape index (κ3) is 5.38. The molecule has 1 fully saturated rings. The first-order chi connectivity index (χ1) is 24.0. The number of nitrogens with one attached hydrogen (secondary N) is 4. The highest BCUT2D eigenvalue weighted by Crippen LogP contribution is 2.40. The summed E-state index contributed by atoms with van der Waals surface area (Å²) in [6.45, 7) is 1.63. The number of fused-ring (bicyclic) bond motifs is 1. The Hall–Kier alpha value is -5.62. The molecule has 0 saturated carbocycles. The van der Waals surface area contributed by atoms with Crippen molar-refractivity contribution in [3.05, 3.63) is 96.2 Å². The van der Waals surface area contributed by atoms with E-state index in [4.69, 9.17) is 15.0 Å². The van der Waals surface area contributed by atoms with E-state index < -0.39 is 18.1 Å². The Labute approximate surface area is 281 Å². The van der Waals surface area contributed by atoms with Crippen LogP contribution in [0.3, 0.4) is 0 Å². The second kappa shape index (κ2) is 11.8. The molecule has 12 heteroatoms. The normalized spacial score (nSPS) is 21.8. The van der Waals surface area contributed by atoms with Crippen LogP contribution in [0.2, 0.25) is 0 Å².